The first-order chi connectivity index (χ1) is 16.6. The van der Waals surface area contributed by atoms with E-state index in [1.165, 1.54) is 0 Å². The maximum absolute atomic E-state index is 12.8. The Morgan fingerprint density at radius 2 is 1.62 bits per heavy atom. The van der Waals surface area contributed by atoms with Crippen molar-refractivity contribution in [1.82, 2.24) is 19.9 Å². The van der Waals surface area contributed by atoms with Crippen LogP contribution < -0.4 is 5.32 Å². The Balaban J connectivity index is 1.34. The van der Waals surface area contributed by atoms with Crippen LogP contribution in [0.15, 0.2) is 91.3 Å². The average molecular weight is 487 g/mol. The van der Waals surface area contributed by atoms with E-state index >= 15 is 0 Å². The minimum absolute atomic E-state index is 0.232. The Labute approximate surface area is 207 Å². The summed E-state index contributed by atoms with van der Waals surface area (Å²) in [5.74, 6) is -0.232. The molecule has 1 amide bonds. The number of amides is 1. The maximum atomic E-state index is 12.8. The lowest BCUT2D eigenvalue weighted by molar-refractivity contribution is 0.0955. The molecule has 5 nitrogen and oxygen atoms in total. The zero-order valence-corrected chi connectivity index (χ0v) is 19.6. The molecule has 0 unspecified atom stereocenters. The van der Waals surface area contributed by atoms with Crippen LogP contribution in [-0.4, -0.2) is 27.0 Å². The normalized spacial score (nSPS) is 11.0. The van der Waals surface area contributed by atoms with Crippen LogP contribution in [0.4, 0.5) is 0 Å². The molecule has 0 saturated carbocycles. The number of hydrogen-bond donors (Lipinski definition) is 1. The standard InChI is InChI=1S/C27H20Cl2N4O/c28-22-11-10-20(24(29)16-22)12-14-31-27(34)23-17-32-33-25(13-15-30-26(23)33)21-8-6-19(7-9-21)18-4-2-1-3-5-18/h1-11,13,15-17H,12,14H2,(H,31,34). The Morgan fingerprint density at radius 1 is 0.882 bits per heavy atom. The van der Waals surface area contributed by atoms with Crippen LogP contribution in [-0.2, 0) is 6.42 Å². The van der Waals surface area contributed by atoms with Crippen molar-refractivity contribution in [1.29, 1.82) is 0 Å². The molecular formula is C27H20Cl2N4O. The molecule has 0 atom stereocenters. The fraction of sp³-hybridized carbons (Fsp3) is 0.0741. The van der Waals surface area contributed by atoms with Crippen molar-refractivity contribution in [2.45, 2.75) is 6.42 Å². The van der Waals surface area contributed by atoms with Crippen molar-refractivity contribution >= 4 is 34.8 Å². The highest BCUT2D eigenvalue weighted by Crippen LogP contribution is 2.26. The highest BCUT2D eigenvalue weighted by atomic mass is 35.5. The summed E-state index contributed by atoms with van der Waals surface area (Å²) in [4.78, 5) is 17.2. The lowest BCUT2D eigenvalue weighted by Gasteiger charge is -2.08. The fourth-order valence-electron chi connectivity index (χ4n) is 3.86. The zero-order valence-electron chi connectivity index (χ0n) is 18.1. The van der Waals surface area contributed by atoms with Gasteiger partial charge >= 0.3 is 0 Å². The van der Waals surface area contributed by atoms with Gasteiger partial charge in [-0.3, -0.25) is 4.79 Å². The Morgan fingerprint density at radius 3 is 2.38 bits per heavy atom. The van der Waals surface area contributed by atoms with Gasteiger partial charge < -0.3 is 5.32 Å². The number of nitrogens with one attached hydrogen (secondary N) is 1. The zero-order chi connectivity index (χ0) is 23.5. The number of carbonyl (C=O) groups excluding carboxylic acids is 1. The van der Waals surface area contributed by atoms with E-state index in [1.807, 2.05) is 42.5 Å². The van der Waals surface area contributed by atoms with Crippen LogP contribution in [0.2, 0.25) is 10.0 Å². The summed E-state index contributed by atoms with van der Waals surface area (Å²) in [5, 5.41) is 8.54. The lowest BCUT2D eigenvalue weighted by Crippen LogP contribution is -2.25. The highest BCUT2D eigenvalue weighted by Gasteiger charge is 2.16. The van der Waals surface area contributed by atoms with Crippen LogP contribution in [0.25, 0.3) is 28.0 Å². The van der Waals surface area contributed by atoms with Crippen molar-refractivity contribution in [2.24, 2.45) is 0 Å². The van der Waals surface area contributed by atoms with Gasteiger partial charge in [0.2, 0.25) is 0 Å². The van der Waals surface area contributed by atoms with Crippen molar-refractivity contribution in [2.75, 3.05) is 6.54 Å². The van der Waals surface area contributed by atoms with E-state index in [2.05, 4.69) is 39.7 Å². The molecule has 5 rings (SSSR count). The van der Waals surface area contributed by atoms with Crippen molar-refractivity contribution in [3.05, 3.63) is 112 Å². The molecule has 0 saturated heterocycles. The van der Waals surface area contributed by atoms with Crippen molar-refractivity contribution in [3.63, 3.8) is 0 Å². The molecule has 3 aromatic carbocycles. The topological polar surface area (TPSA) is 59.3 Å². The number of halogens is 2. The van der Waals surface area contributed by atoms with Gasteiger partial charge in [-0.15, -0.1) is 0 Å². The van der Waals surface area contributed by atoms with Gasteiger partial charge in [-0.1, -0.05) is 83.9 Å². The molecule has 0 fully saturated rings. The summed E-state index contributed by atoms with van der Waals surface area (Å²) in [5.41, 5.74) is 5.99. The predicted octanol–water partition coefficient (Wildman–Crippen LogP) is 6.34. The van der Waals surface area contributed by atoms with Gasteiger partial charge in [0.15, 0.2) is 5.65 Å². The molecule has 34 heavy (non-hydrogen) atoms. The average Bonchev–Trinajstić information content (AvgIpc) is 3.30. The first kappa shape index (κ1) is 22.1. The third-order valence-electron chi connectivity index (χ3n) is 5.63. The molecule has 0 aliphatic carbocycles. The lowest BCUT2D eigenvalue weighted by atomic mass is 10.0. The van der Waals surface area contributed by atoms with Crippen molar-refractivity contribution < 1.29 is 4.79 Å². The Bertz CT molecular complexity index is 1460. The molecule has 0 radical (unpaired) electrons. The predicted molar refractivity (Wildman–Crippen MR) is 136 cm³/mol. The molecule has 2 aromatic heterocycles. The SMILES string of the molecule is O=C(NCCc1ccc(Cl)cc1Cl)c1cnn2c(-c3ccc(-c4ccccc4)cc3)ccnc12. The number of aromatic nitrogens is 3. The van der Waals surface area contributed by atoms with E-state index in [9.17, 15) is 4.79 Å². The molecule has 168 valence electrons. The Kier molecular flexibility index (Phi) is 6.30. The van der Waals surface area contributed by atoms with E-state index < -0.39 is 0 Å². The third kappa shape index (κ3) is 4.53. The highest BCUT2D eigenvalue weighted by molar-refractivity contribution is 6.35. The summed E-state index contributed by atoms with van der Waals surface area (Å²) in [7, 11) is 0. The molecule has 0 bridgehead atoms. The second kappa shape index (κ2) is 9.67. The molecule has 7 heteroatoms. The van der Waals surface area contributed by atoms with Gasteiger partial charge in [0.25, 0.3) is 5.91 Å². The fourth-order valence-corrected chi connectivity index (χ4v) is 4.37. The van der Waals surface area contributed by atoms with Crippen LogP contribution in [0, 0.1) is 0 Å². The largest absolute Gasteiger partial charge is 0.352 e. The first-order valence-corrected chi connectivity index (χ1v) is 11.6. The quantitative estimate of drug-likeness (QED) is 0.304. The molecule has 0 aliphatic rings. The van der Waals surface area contributed by atoms with Gasteiger partial charge in [0.1, 0.15) is 5.56 Å². The molecule has 1 N–H and O–H groups in total. The van der Waals surface area contributed by atoms with E-state index in [0.29, 0.717) is 34.2 Å². The third-order valence-corrected chi connectivity index (χ3v) is 6.22. The minimum atomic E-state index is -0.232. The van der Waals surface area contributed by atoms with Gasteiger partial charge in [0.05, 0.1) is 11.9 Å². The van der Waals surface area contributed by atoms with Crippen LogP contribution in [0.3, 0.4) is 0 Å². The van der Waals surface area contributed by atoms with Gasteiger partial charge in [-0.05, 0) is 41.3 Å². The molecular weight excluding hydrogens is 467 g/mol. The summed E-state index contributed by atoms with van der Waals surface area (Å²) in [6, 6.07) is 25.7. The number of benzene rings is 3. The van der Waals surface area contributed by atoms with E-state index in [1.54, 1.807) is 29.0 Å². The summed E-state index contributed by atoms with van der Waals surface area (Å²) < 4.78 is 1.70. The van der Waals surface area contributed by atoms with E-state index in [4.69, 9.17) is 23.2 Å². The van der Waals surface area contributed by atoms with Gasteiger partial charge in [-0.25, -0.2) is 9.50 Å². The van der Waals surface area contributed by atoms with Crippen LogP contribution in [0.1, 0.15) is 15.9 Å². The molecule has 0 spiro atoms. The number of nitrogens with zero attached hydrogens (tertiary/aromatic N) is 3. The van der Waals surface area contributed by atoms with Crippen LogP contribution >= 0.6 is 23.2 Å². The summed E-state index contributed by atoms with van der Waals surface area (Å²) >= 11 is 12.2. The van der Waals surface area contributed by atoms with Crippen molar-refractivity contribution in [3.8, 4) is 22.4 Å². The van der Waals surface area contributed by atoms with Crippen LogP contribution in [0.5, 0.6) is 0 Å². The minimum Gasteiger partial charge on any atom is -0.352 e. The number of carbonyl (C=O) groups is 1. The smallest absolute Gasteiger partial charge is 0.256 e. The molecule has 5 aromatic rings. The van der Waals surface area contributed by atoms with E-state index in [-0.39, 0.29) is 5.91 Å². The molecule has 0 aliphatic heterocycles. The van der Waals surface area contributed by atoms with Gasteiger partial charge in [0, 0.05) is 28.4 Å². The summed E-state index contributed by atoms with van der Waals surface area (Å²) in [6.07, 6.45) is 3.84. The maximum Gasteiger partial charge on any atom is 0.256 e. The number of fused-ring (bicyclic) bond motifs is 1. The monoisotopic (exact) mass is 486 g/mol. The second-order valence-electron chi connectivity index (χ2n) is 7.81. The number of rotatable bonds is 6. The first-order valence-electron chi connectivity index (χ1n) is 10.8. The van der Waals surface area contributed by atoms with Gasteiger partial charge in [-0.2, -0.15) is 5.10 Å². The summed E-state index contributed by atoms with van der Waals surface area (Å²) in [6.45, 7) is 0.429. The second-order valence-corrected chi connectivity index (χ2v) is 8.65. The molecule has 2 heterocycles. The Hall–Kier alpha value is -3.67. The van der Waals surface area contributed by atoms with E-state index in [0.717, 1.165) is 27.9 Å². The number of hydrogen-bond acceptors (Lipinski definition) is 3.